The van der Waals surface area contributed by atoms with Gasteiger partial charge in [-0.05, 0) is 19.9 Å². The van der Waals surface area contributed by atoms with Crippen molar-refractivity contribution in [1.29, 1.82) is 0 Å². The van der Waals surface area contributed by atoms with Gasteiger partial charge in [0, 0.05) is 25.4 Å². The molecule has 1 N–H and O–H groups in total. The summed E-state index contributed by atoms with van der Waals surface area (Å²) in [4.78, 5) is 2.27. The highest BCUT2D eigenvalue weighted by atomic mass is 16.6. The second-order valence-electron chi connectivity index (χ2n) is 4.04. The molecule has 0 aromatic heterocycles. The molecule has 2 saturated heterocycles. The number of fused-ring (bicyclic) bond motifs is 1. The zero-order valence-corrected chi connectivity index (χ0v) is 7.62. The third-order valence-electron chi connectivity index (χ3n) is 3.07. The Hall–Kier alpha value is -0.120. The van der Waals surface area contributed by atoms with E-state index in [0.717, 1.165) is 39.0 Å². The molecule has 0 bridgehead atoms. The Bertz CT molecular complexity index is 174. The number of nitrogens with zero attached hydrogens (tertiary/aromatic N) is 1. The van der Waals surface area contributed by atoms with E-state index in [1.54, 1.807) is 0 Å². The lowest BCUT2D eigenvalue weighted by atomic mass is 9.85. The molecule has 0 spiro atoms. The maximum absolute atomic E-state index is 10.1. The number of piperidine rings is 1. The van der Waals surface area contributed by atoms with Crippen molar-refractivity contribution in [2.75, 3.05) is 26.7 Å². The molecule has 0 unspecified atom stereocenters. The van der Waals surface area contributed by atoms with Crippen molar-refractivity contribution >= 4 is 0 Å². The number of aliphatic hydroxyl groups is 1. The summed E-state index contributed by atoms with van der Waals surface area (Å²) in [7, 11) is 2.11. The second-order valence-corrected chi connectivity index (χ2v) is 4.04. The van der Waals surface area contributed by atoms with Crippen LogP contribution >= 0.6 is 0 Å². The number of hydrogen-bond acceptors (Lipinski definition) is 3. The molecule has 2 fully saturated rings. The standard InChI is InChI=1S/C9H17NO2/c1-10-5-4-9(11)8(7-10)3-2-6-12-9/h8,11H,2-7H2,1H3/t8-,9+/m1/s1. The fourth-order valence-corrected chi connectivity index (χ4v) is 2.25. The molecule has 70 valence electrons. The highest BCUT2D eigenvalue weighted by Crippen LogP contribution is 2.35. The predicted octanol–water partition coefficient (Wildman–Crippen LogP) is 0.437. The Morgan fingerprint density at radius 1 is 1.58 bits per heavy atom. The molecule has 3 nitrogen and oxygen atoms in total. The molecule has 3 heteroatoms. The van der Waals surface area contributed by atoms with Gasteiger partial charge in [-0.1, -0.05) is 0 Å². The van der Waals surface area contributed by atoms with Gasteiger partial charge >= 0.3 is 0 Å². The van der Waals surface area contributed by atoms with Crippen molar-refractivity contribution in [3.8, 4) is 0 Å². The Balaban J connectivity index is 2.06. The molecule has 2 aliphatic heterocycles. The van der Waals surface area contributed by atoms with Crippen molar-refractivity contribution in [3.05, 3.63) is 0 Å². The minimum Gasteiger partial charge on any atom is -0.365 e. The average molecular weight is 171 g/mol. The zero-order chi connectivity index (χ0) is 8.60. The van der Waals surface area contributed by atoms with Gasteiger partial charge < -0.3 is 14.7 Å². The maximum Gasteiger partial charge on any atom is 0.170 e. The van der Waals surface area contributed by atoms with E-state index in [9.17, 15) is 5.11 Å². The third-order valence-corrected chi connectivity index (χ3v) is 3.07. The van der Waals surface area contributed by atoms with Crippen LogP contribution in [0, 0.1) is 5.92 Å². The van der Waals surface area contributed by atoms with E-state index in [1.165, 1.54) is 0 Å². The molecule has 0 aromatic carbocycles. The summed E-state index contributed by atoms with van der Waals surface area (Å²) in [6, 6.07) is 0. The number of likely N-dealkylation sites (tertiary alicyclic amines) is 1. The molecule has 2 atom stereocenters. The molecule has 2 heterocycles. The van der Waals surface area contributed by atoms with Crippen LogP contribution in [-0.2, 0) is 4.74 Å². The van der Waals surface area contributed by atoms with E-state index >= 15 is 0 Å². The summed E-state index contributed by atoms with van der Waals surface area (Å²) >= 11 is 0. The average Bonchev–Trinajstić information content (AvgIpc) is 2.06. The van der Waals surface area contributed by atoms with Gasteiger partial charge in [-0.15, -0.1) is 0 Å². The van der Waals surface area contributed by atoms with E-state index in [1.807, 2.05) is 0 Å². The van der Waals surface area contributed by atoms with E-state index in [0.29, 0.717) is 5.92 Å². The van der Waals surface area contributed by atoms with Crippen LogP contribution in [0.1, 0.15) is 19.3 Å². The molecular weight excluding hydrogens is 154 g/mol. The second kappa shape index (κ2) is 2.98. The van der Waals surface area contributed by atoms with Crippen LogP contribution in [0.15, 0.2) is 0 Å². The zero-order valence-electron chi connectivity index (χ0n) is 7.62. The summed E-state index contributed by atoms with van der Waals surface area (Å²) in [5.74, 6) is -0.449. The Labute approximate surface area is 73.3 Å². The van der Waals surface area contributed by atoms with E-state index in [4.69, 9.17) is 4.74 Å². The summed E-state index contributed by atoms with van der Waals surface area (Å²) in [6.07, 6.45) is 2.98. The van der Waals surface area contributed by atoms with Gasteiger partial charge in [-0.3, -0.25) is 0 Å². The highest BCUT2D eigenvalue weighted by molar-refractivity contribution is 4.87. The van der Waals surface area contributed by atoms with Crippen LogP contribution in [0.4, 0.5) is 0 Å². The quantitative estimate of drug-likeness (QED) is 0.574. The first-order valence-electron chi connectivity index (χ1n) is 4.75. The van der Waals surface area contributed by atoms with E-state index in [2.05, 4.69) is 11.9 Å². The number of rotatable bonds is 0. The van der Waals surface area contributed by atoms with Crippen molar-refractivity contribution in [2.24, 2.45) is 5.92 Å². The molecule has 0 amide bonds. The van der Waals surface area contributed by atoms with Crippen LogP contribution in [0.2, 0.25) is 0 Å². The minimum absolute atomic E-state index is 0.338. The normalized spacial score (nSPS) is 44.0. The lowest BCUT2D eigenvalue weighted by molar-refractivity contribution is -0.275. The third kappa shape index (κ3) is 1.37. The topological polar surface area (TPSA) is 32.7 Å². The minimum atomic E-state index is -0.787. The fourth-order valence-electron chi connectivity index (χ4n) is 2.25. The van der Waals surface area contributed by atoms with Crippen molar-refractivity contribution in [3.63, 3.8) is 0 Å². The molecule has 2 rings (SSSR count). The summed E-state index contributed by atoms with van der Waals surface area (Å²) in [5, 5.41) is 10.1. The maximum atomic E-state index is 10.1. The smallest absolute Gasteiger partial charge is 0.170 e. The summed E-state index contributed by atoms with van der Waals surface area (Å²) in [5.41, 5.74) is 0. The van der Waals surface area contributed by atoms with Gasteiger partial charge in [0.05, 0.1) is 6.61 Å². The molecule has 0 aromatic rings. The van der Waals surface area contributed by atoms with Gasteiger partial charge in [0.2, 0.25) is 0 Å². The van der Waals surface area contributed by atoms with E-state index in [-0.39, 0.29) is 0 Å². The van der Waals surface area contributed by atoms with Crippen LogP contribution in [0.25, 0.3) is 0 Å². The molecule has 0 saturated carbocycles. The fraction of sp³-hybridized carbons (Fsp3) is 1.00. The first-order valence-corrected chi connectivity index (χ1v) is 4.75. The van der Waals surface area contributed by atoms with Crippen LogP contribution in [0.5, 0.6) is 0 Å². The summed E-state index contributed by atoms with van der Waals surface area (Å²) in [6.45, 7) is 2.67. The molecule has 0 radical (unpaired) electrons. The van der Waals surface area contributed by atoms with Gasteiger partial charge in [0.25, 0.3) is 0 Å². The van der Waals surface area contributed by atoms with Crippen LogP contribution < -0.4 is 0 Å². The van der Waals surface area contributed by atoms with Gasteiger partial charge in [0.15, 0.2) is 5.79 Å². The monoisotopic (exact) mass is 171 g/mol. The Morgan fingerprint density at radius 2 is 2.42 bits per heavy atom. The molecule has 12 heavy (non-hydrogen) atoms. The highest BCUT2D eigenvalue weighted by Gasteiger charge is 2.43. The Kier molecular flexibility index (Phi) is 2.10. The largest absolute Gasteiger partial charge is 0.365 e. The van der Waals surface area contributed by atoms with Crippen LogP contribution in [0.3, 0.4) is 0 Å². The molecular formula is C9H17NO2. The lowest BCUT2D eigenvalue weighted by Gasteiger charge is -2.45. The van der Waals surface area contributed by atoms with Gasteiger partial charge in [-0.25, -0.2) is 0 Å². The number of ether oxygens (including phenoxy) is 1. The first-order chi connectivity index (χ1) is 5.71. The van der Waals surface area contributed by atoms with Crippen LogP contribution in [-0.4, -0.2) is 42.5 Å². The Morgan fingerprint density at radius 3 is 3.25 bits per heavy atom. The van der Waals surface area contributed by atoms with Gasteiger partial charge in [-0.2, -0.15) is 0 Å². The first kappa shape index (κ1) is 8.48. The van der Waals surface area contributed by atoms with Crippen molar-refractivity contribution in [1.82, 2.24) is 4.90 Å². The van der Waals surface area contributed by atoms with E-state index < -0.39 is 5.79 Å². The van der Waals surface area contributed by atoms with Crippen molar-refractivity contribution in [2.45, 2.75) is 25.0 Å². The lowest BCUT2D eigenvalue weighted by Crippen LogP contribution is -2.54. The van der Waals surface area contributed by atoms with Crippen molar-refractivity contribution < 1.29 is 9.84 Å². The summed E-state index contributed by atoms with van der Waals surface area (Å²) < 4.78 is 5.45. The SMILES string of the molecule is CN1CC[C@]2(O)OCCC[C@@H]2C1. The molecule has 2 aliphatic rings. The predicted molar refractivity (Wildman–Crippen MR) is 45.7 cm³/mol. The van der Waals surface area contributed by atoms with Gasteiger partial charge in [0.1, 0.15) is 0 Å². The number of hydrogen-bond donors (Lipinski definition) is 1. The molecule has 0 aliphatic carbocycles.